The Morgan fingerprint density at radius 1 is 0.688 bits per heavy atom. The fourth-order valence-electron chi connectivity index (χ4n) is 5.06. The van der Waals surface area contributed by atoms with Gasteiger partial charge in [0, 0.05) is 24.2 Å². The summed E-state index contributed by atoms with van der Waals surface area (Å²) >= 11 is 0. The molecular formula is C30H42N2. The van der Waals surface area contributed by atoms with Crippen molar-refractivity contribution in [2.75, 3.05) is 14.1 Å². The normalized spacial score (nSPS) is 26.6. The smallest absolute Gasteiger partial charge is 0.0321 e. The number of hydrogen-bond donors (Lipinski definition) is 0. The van der Waals surface area contributed by atoms with E-state index in [1.807, 2.05) is 0 Å². The Morgan fingerprint density at radius 2 is 1.22 bits per heavy atom. The molecule has 2 aliphatic heterocycles. The van der Waals surface area contributed by atoms with E-state index in [4.69, 9.17) is 0 Å². The molecule has 2 heteroatoms. The Morgan fingerprint density at radius 3 is 1.81 bits per heavy atom. The van der Waals surface area contributed by atoms with Crippen molar-refractivity contribution >= 4 is 0 Å². The van der Waals surface area contributed by atoms with E-state index in [9.17, 15) is 0 Å². The summed E-state index contributed by atoms with van der Waals surface area (Å²) in [7, 11) is 4.47. The molecule has 0 aliphatic carbocycles. The van der Waals surface area contributed by atoms with Crippen molar-refractivity contribution < 1.29 is 0 Å². The summed E-state index contributed by atoms with van der Waals surface area (Å²) in [4.78, 5) is 4.97. The fourth-order valence-corrected chi connectivity index (χ4v) is 5.06. The molecule has 4 rings (SSSR count). The van der Waals surface area contributed by atoms with Gasteiger partial charge in [-0.1, -0.05) is 84.0 Å². The highest BCUT2D eigenvalue weighted by Crippen LogP contribution is 2.24. The molecule has 0 saturated carbocycles. The average molecular weight is 431 g/mol. The first-order valence-corrected chi connectivity index (χ1v) is 12.2. The Kier molecular flexibility index (Phi) is 8.90. The maximum absolute atomic E-state index is 2.49. The van der Waals surface area contributed by atoms with E-state index in [2.05, 4.69) is 124 Å². The van der Waals surface area contributed by atoms with Crippen LogP contribution in [0.5, 0.6) is 0 Å². The van der Waals surface area contributed by atoms with Crippen LogP contribution in [0.3, 0.4) is 0 Å². The zero-order valence-electron chi connectivity index (χ0n) is 21.0. The summed E-state index contributed by atoms with van der Waals surface area (Å²) in [5.74, 6) is 0. The minimum atomic E-state index is 0.561. The monoisotopic (exact) mass is 430 g/mol. The molecule has 2 heterocycles. The predicted molar refractivity (Wildman–Crippen MR) is 139 cm³/mol. The SMILES string of the molecule is CC1=CC(C)N(C)C(Cc2ccccc2)C1.CC1=CC(Cc2ccccc2)N(C)C(C)C1. The van der Waals surface area contributed by atoms with Crippen molar-refractivity contribution in [3.63, 3.8) is 0 Å². The zero-order chi connectivity index (χ0) is 23.1. The zero-order valence-corrected chi connectivity index (χ0v) is 21.0. The van der Waals surface area contributed by atoms with Crippen molar-refractivity contribution in [2.24, 2.45) is 0 Å². The predicted octanol–water partition coefficient (Wildman–Crippen LogP) is 6.54. The summed E-state index contributed by atoms with van der Waals surface area (Å²) in [5.41, 5.74) is 5.94. The minimum Gasteiger partial charge on any atom is -0.297 e. The van der Waals surface area contributed by atoms with Gasteiger partial charge in [0.05, 0.1) is 0 Å². The van der Waals surface area contributed by atoms with E-state index in [-0.39, 0.29) is 0 Å². The molecule has 0 saturated heterocycles. The molecule has 0 radical (unpaired) electrons. The molecule has 2 nitrogen and oxygen atoms in total. The number of benzene rings is 2. The van der Waals surface area contributed by atoms with E-state index in [0.717, 1.165) is 12.8 Å². The van der Waals surface area contributed by atoms with Crippen LogP contribution in [0, 0.1) is 0 Å². The molecule has 0 N–H and O–H groups in total. The lowest BCUT2D eigenvalue weighted by atomic mass is 9.93. The second kappa shape index (κ2) is 11.6. The van der Waals surface area contributed by atoms with Gasteiger partial charge in [0.1, 0.15) is 0 Å². The molecule has 0 bridgehead atoms. The van der Waals surface area contributed by atoms with Gasteiger partial charge in [0.2, 0.25) is 0 Å². The molecule has 172 valence electrons. The lowest BCUT2D eigenvalue weighted by Crippen LogP contribution is -2.42. The van der Waals surface area contributed by atoms with Crippen LogP contribution in [0.1, 0.15) is 51.7 Å². The van der Waals surface area contributed by atoms with Gasteiger partial charge in [-0.05, 0) is 78.6 Å². The Labute approximate surface area is 196 Å². The third kappa shape index (κ3) is 6.92. The van der Waals surface area contributed by atoms with Gasteiger partial charge >= 0.3 is 0 Å². The van der Waals surface area contributed by atoms with Gasteiger partial charge < -0.3 is 0 Å². The third-order valence-corrected chi connectivity index (χ3v) is 7.22. The van der Waals surface area contributed by atoms with Gasteiger partial charge in [-0.15, -0.1) is 0 Å². The van der Waals surface area contributed by atoms with Crippen LogP contribution in [-0.4, -0.2) is 48.1 Å². The Bertz CT molecular complexity index is 884. The number of rotatable bonds is 4. The maximum atomic E-state index is 2.49. The van der Waals surface area contributed by atoms with E-state index in [1.165, 1.54) is 35.1 Å². The number of hydrogen-bond acceptors (Lipinski definition) is 2. The summed E-state index contributed by atoms with van der Waals surface area (Å²) in [6.07, 6.45) is 9.50. The Balaban J connectivity index is 0.000000181. The molecule has 32 heavy (non-hydrogen) atoms. The summed E-state index contributed by atoms with van der Waals surface area (Å²) in [5, 5.41) is 0. The largest absolute Gasteiger partial charge is 0.297 e. The Hall–Kier alpha value is -2.16. The van der Waals surface area contributed by atoms with Crippen molar-refractivity contribution in [3.05, 3.63) is 95.1 Å². The first-order valence-electron chi connectivity index (χ1n) is 12.2. The van der Waals surface area contributed by atoms with Crippen molar-refractivity contribution in [2.45, 2.75) is 77.5 Å². The second-order valence-electron chi connectivity index (χ2n) is 9.96. The topological polar surface area (TPSA) is 6.48 Å². The van der Waals surface area contributed by atoms with E-state index < -0.39 is 0 Å². The van der Waals surface area contributed by atoms with E-state index >= 15 is 0 Å². The molecule has 2 aromatic rings. The van der Waals surface area contributed by atoms with Crippen LogP contribution >= 0.6 is 0 Å². The fraction of sp³-hybridized carbons (Fsp3) is 0.467. The standard InChI is InChI=1S/2C15H21N/c2*1-12-9-13(2)16(3)15(10-12)11-14-7-5-4-6-8-14/h4-8,10,13,15H,9,11H2,1-3H3;4-9,13,15H,10-11H2,1-3H3. The highest BCUT2D eigenvalue weighted by molar-refractivity contribution is 5.21. The van der Waals surface area contributed by atoms with Gasteiger partial charge in [-0.25, -0.2) is 0 Å². The lowest BCUT2D eigenvalue weighted by Gasteiger charge is -2.36. The molecule has 0 amide bonds. The third-order valence-electron chi connectivity index (χ3n) is 7.22. The molecule has 4 atom stereocenters. The van der Waals surface area contributed by atoms with Crippen LogP contribution in [0.4, 0.5) is 0 Å². The van der Waals surface area contributed by atoms with Crippen LogP contribution in [0.15, 0.2) is 84.0 Å². The van der Waals surface area contributed by atoms with Crippen LogP contribution in [0.2, 0.25) is 0 Å². The highest BCUT2D eigenvalue weighted by Gasteiger charge is 2.24. The lowest BCUT2D eigenvalue weighted by molar-refractivity contribution is 0.195. The molecule has 0 aromatic heterocycles. The van der Waals surface area contributed by atoms with Crippen molar-refractivity contribution in [3.8, 4) is 0 Å². The van der Waals surface area contributed by atoms with Gasteiger partial charge in [-0.2, -0.15) is 0 Å². The van der Waals surface area contributed by atoms with Gasteiger partial charge in [0.15, 0.2) is 0 Å². The maximum Gasteiger partial charge on any atom is 0.0321 e. The summed E-state index contributed by atoms with van der Waals surface area (Å²) in [6, 6.07) is 24.0. The van der Waals surface area contributed by atoms with Gasteiger partial charge in [0.25, 0.3) is 0 Å². The molecule has 0 fully saturated rings. The minimum absolute atomic E-state index is 0.561. The molecule has 2 aliphatic rings. The van der Waals surface area contributed by atoms with Gasteiger partial charge in [-0.3, -0.25) is 9.80 Å². The van der Waals surface area contributed by atoms with Crippen LogP contribution in [0.25, 0.3) is 0 Å². The quantitative estimate of drug-likeness (QED) is 0.508. The van der Waals surface area contributed by atoms with Crippen molar-refractivity contribution in [1.29, 1.82) is 0 Å². The molecular weight excluding hydrogens is 388 g/mol. The highest BCUT2D eigenvalue weighted by atomic mass is 15.2. The second-order valence-corrected chi connectivity index (χ2v) is 9.96. The van der Waals surface area contributed by atoms with Crippen molar-refractivity contribution in [1.82, 2.24) is 9.80 Å². The summed E-state index contributed by atoms with van der Waals surface area (Å²) in [6.45, 7) is 9.10. The molecule has 0 spiro atoms. The first kappa shape index (κ1) is 24.5. The first-order chi connectivity index (χ1) is 15.3. The van der Waals surface area contributed by atoms with E-state index in [1.54, 1.807) is 0 Å². The molecule has 2 aromatic carbocycles. The average Bonchev–Trinajstić information content (AvgIpc) is 2.77. The van der Waals surface area contributed by atoms with Crippen LogP contribution in [-0.2, 0) is 12.8 Å². The molecule has 4 unspecified atom stereocenters. The van der Waals surface area contributed by atoms with E-state index in [0.29, 0.717) is 24.2 Å². The number of likely N-dealkylation sites (N-methyl/N-ethyl adjacent to an activating group) is 2. The van der Waals surface area contributed by atoms with Crippen LogP contribution < -0.4 is 0 Å². The summed E-state index contributed by atoms with van der Waals surface area (Å²) < 4.78 is 0. The number of nitrogens with zero attached hydrogens (tertiary/aromatic N) is 2.